The number of anilines is 1. The van der Waals surface area contributed by atoms with Gasteiger partial charge in [-0.1, -0.05) is 6.92 Å². The first-order valence-corrected chi connectivity index (χ1v) is 9.96. The quantitative estimate of drug-likeness (QED) is 0.725. The first-order valence-electron chi connectivity index (χ1n) is 9.08. The van der Waals surface area contributed by atoms with Gasteiger partial charge >= 0.3 is 5.97 Å². The molecule has 1 aliphatic heterocycles. The molecule has 2 unspecified atom stereocenters. The highest BCUT2D eigenvalue weighted by Crippen LogP contribution is 2.39. The van der Waals surface area contributed by atoms with Crippen LogP contribution in [0.5, 0.6) is 5.75 Å². The highest BCUT2D eigenvalue weighted by Gasteiger charge is 2.39. The molecule has 6 nitrogen and oxygen atoms in total. The smallest absolute Gasteiger partial charge is 0.329 e. The molecule has 7 heteroatoms. The van der Waals surface area contributed by atoms with Crippen LogP contribution in [0.15, 0.2) is 23.6 Å². The Bertz CT molecular complexity index is 861. The molecule has 0 radical (unpaired) electrons. The van der Waals surface area contributed by atoms with Crippen LogP contribution in [0.4, 0.5) is 5.69 Å². The minimum atomic E-state index is -0.746. The molecule has 0 saturated carbocycles. The molecule has 0 spiro atoms. The van der Waals surface area contributed by atoms with Gasteiger partial charge in [0, 0.05) is 10.9 Å². The van der Waals surface area contributed by atoms with Crippen LogP contribution in [0.3, 0.4) is 0 Å². The third-order valence-corrected chi connectivity index (χ3v) is 5.14. The van der Waals surface area contributed by atoms with E-state index in [2.05, 4.69) is 4.98 Å². The molecule has 2 atom stereocenters. The van der Waals surface area contributed by atoms with Gasteiger partial charge in [0.05, 0.1) is 22.5 Å². The van der Waals surface area contributed by atoms with Crippen molar-refractivity contribution in [2.24, 2.45) is 0 Å². The summed E-state index contributed by atoms with van der Waals surface area (Å²) >= 11 is 1.56. The number of aryl methyl sites for hydroxylation is 1. The number of aromatic nitrogens is 1. The zero-order valence-corrected chi connectivity index (χ0v) is 17.0. The Morgan fingerprint density at radius 3 is 2.70 bits per heavy atom. The molecule has 0 bridgehead atoms. The lowest BCUT2D eigenvalue weighted by atomic mass is 10.1. The second-order valence-corrected chi connectivity index (χ2v) is 7.88. The fourth-order valence-corrected chi connectivity index (χ4v) is 3.65. The van der Waals surface area contributed by atoms with Crippen molar-refractivity contribution in [1.82, 2.24) is 4.98 Å². The van der Waals surface area contributed by atoms with Crippen molar-refractivity contribution in [1.29, 1.82) is 0 Å². The minimum Gasteiger partial charge on any atom is -0.478 e. The molecule has 2 heterocycles. The molecule has 0 saturated heterocycles. The molecule has 3 rings (SSSR count). The van der Waals surface area contributed by atoms with Gasteiger partial charge in [-0.05, 0) is 52.3 Å². The van der Waals surface area contributed by atoms with Gasteiger partial charge < -0.3 is 9.47 Å². The Kier molecular flexibility index (Phi) is 5.51. The second kappa shape index (κ2) is 7.68. The van der Waals surface area contributed by atoms with Crippen LogP contribution in [0.2, 0.25) is 0 Å². The zero-order valence-electron chi connectivity index (χ0n) is 16.2. The summed E-state index contributed by atoms with van der Waals surface area (Å²) in [5, 5.41) is 2.94. The van der Waals surface area contributed by atoms with Crippen LogP contribution in [-0.2, 0) is 14.3 Å². The summed E-state index contributed by atoms with van der Waals surface area (Å²) in [4.78, 5) is 31.5. The Labute approximate surface area is 163 Å². The third kappa shape index (κ3) is 3.83. The number of esters is 1. The lowest BCUT2D eigenvalue weighted by Gasteiger charge is -2.37. The van der Waals surface area contributed by atoms with E-state index in [4.69, 9.17) is 9.47 Å². The maximum atomic E-state index is 13.0. The summed E-state index contributed by atoms with van der Waals surface area (Å²) in [6.45, 7) is 9.09. The minimum absolute atomic E-state index is 0.232. The van der Waals surface area contributed by atoms with Crippen molar-refractivity contribution in [2.75, 3.05) is 4.90 Å². The van der Waals surface area contributed by atoms with Gasteiger partial charge in [-0.25, -0.2) is 9.78 Å². The number of hydrogen-bond donors (Lipinski definition) is 0. The van der Waals surface area contributed by atoms with Gasteiger partial charge in [0.15, 0.2) is 6.10 Å². The number of benzene rings is 1. The van der Waals surface area contributed by atoms with Crippen LogP contribution in [0.1, 0.15) is 39.1 Å². The normalized spacial score (nSPS) is 17.5. The number of fused-ring (bicyclic) bond motifs is 1. The first kappa shape index (κ1) is 19.4. The van der Waals surface area contributed by atoms with Crippen molar-refractivity contribution >= 4 is 28.9 Å². The Balaban J connectivity index is 2.04. The molecule has 1 aromatic carbocycles. The highest BCUT2D eigenvalue weighted by atomic mass is 32.1. The van der Waals surface area contributed by atoms with E-state index in [9.17, 15) is 9.59 Å². The Morgan fingerprint density at radius 1 is 1.37 bits per heavy atom. The van der Waals surface area contributed by atoms with E-state index in [-0.39, 0.29) is 12.0 Å². The molecule has 0 N–H and O–H groups in total. The monoisotopic (exact) mass is 388 g/mol. The highest BCUT2D eigenvalue weighted by molar-refractivity contribution is 7.09. The predicted octanol–water partition coefficient (Wildman–Crippen LogP) is 3.96. The fourth-order valence-electron chi connectivity index (χ4n) is 3.03. The lowest BCUT2D eigenvalue weighted by molar-refractivity contribution is -0.150. The Hall–Kier alpha value is -2.41. The fraction of sp³-hybridized carbons (Fsp3) is 0.450. The predicted molar refractivity (Wildman–Crippen MR) is 105 cm³/mol. The molecule has 1 aliphatic rings. The molecule has 27 heavy (non-hydrogen) atoms. The number of hydrogen-bond acceptors (Lipinski definition) is 6. The van der Waals surface area contributed by atoms with Gasteiger partial charge in [0.1, 0.15) is 11.8 Å². The number of thiazole rings is 1. The SMILES string of the molecule is CCC1Oc2ccc(-c3csc(C)n3)cc2N(C(C)C(=O)OC(C)C)C1=O. The van der Waals surface area contributed by atoms with E-state index >= 15 is 0 Å². The summed E-state index contributed by atoms with van der Waals surface area (Å²) in [5.41, 5.74) is 2.28. The van der Waals surface area contributed by atoms with Crippen molar-refractivity contribution in [3.05, 3.63) is 28.6 Å². The molecule has 0 fully saturated rings. The first-order chi connectivity index (χ1) is 12.8. The van der Waals surface area contributed by atoms with Gasteiger partial charge in [-0.15, -0.1) is 11.3 Å². The topological polar surface area (TPSA) is 68.7 Å². The number of carbonyl (C=O) groups excluding carboxylic acids is 2. The summed E-state index contributed by atoms with van der Waals surface area (Å²) in [5.74, 6) is -0.0814. The number of nitrogens with zero attached hydrogens (tertiary/aromatic N) is 2. The summed E-state index contributed by atoms with van der Waals surface area (Å²) in [6, 6.07) is 4.86. The molecule has 1 aromatic heterocycles. The van der Waals surface area contributed by atoms with Crippen LogP contribution >= 0.6 is 11.3 Å². The summed E-state index contributed by atoms with van der Waals surface area (Å²) in [7, 11) is 0. The van der Waals surface area contributed by atoms with Crippen LogP contribution in [0.25, 0.3) is 11.3 Å². The maximum absolute atomic E-state index is 13.0. The molecular weight excluding hydrogens is 364 g/mol. The van der Waals surface area contributed by atoms with Crippen LogP contribution < -0.4 is 9.64 Å². The molecular formula is C20H24N2O4S. The molecule has 0 aliphatic carbocycles. The number of amides is 1. The van der Waals surface area contributed by atoms with E-state index < -0.39 is 18.1 Å². The molecule has 2 aromatic rings. The van der Waals surface area contributed by atoms with E-state index in [1.54, 1.807) is 32.1 Å². The largest absolute Gasteiger partial charge is 0.478 e. The van der Waals surface area contributed by atoms with E-state index in [1.165, 1.54) is 4.90 Å². The van der Waals surface area contributed by atoms with E-state index in [1.807, 2.05) is 37.4 Å². The zero-order chi connectivity index (χ0) is 19.7. The number of ether oxygens (including phenoxy) is 2. The third-order valence-electron chi connectivity index (χ3n) is 4.37. The number of rotatable bonds is 5. The van der Waals surface area contributed by atoms with Crippen molar-refractivity contribution < 1.29 is 19.1 Å². The van der Waals surface area contributed by atoms with Crippen LogP contribution in [0, 0.1) is 6.92 Å². The van der Waals surface area contributed by atoms with Crippen molar-refractivity contribution in [2.45, 2.75) is 59.3 Å². The van der Waals surface area contributed by atoms with E-state index in [0.717, 1.165) is 16.3 Å². The van der Waals surface area contributed by atoms with Crippen molar-refractivity contribution in [3.63, 3.8) is 0 Å². The van der Waals surface area contributed by atoms with Crippen molar-refractivity contribution in [3.8, 4) is 17.0 Å². The average molecular weight is 388 g/mol. The van der Waals surface area contributed by atoms with Gasteiger partial charge in [-0.2, -0.15) is 0 Å². The van der Waals surface area contributed by atoms with E-state index in [0.29, 0.717) is 17.9 Å². The van der Waals surface area contributed by atoms with Gasteiger partial charge in [0.2, 0.25) is 0 Å². The Morgan fingerprint density at radius 2 is 2.11 bits per heavy atom. The van der Waals surface area contributed by atoms with Gasteiger partial charge in [-0.3, -0.25) is 9.69 Å². The summed E-state index contributed by atoms with van der Waals surface area (Å²) in [6.07, 6.45) is -0.339. The lowest BCUT2D eigenvalue weighted by Crippen LogP contribution is -2.52. The average Bonchev–Trinajstić information content (AvgIpc) is 3.06. The number of carbonyl (C=O) groups is 2. The molecule has 144 valence electrons. The second-order valence-electron chi connectivity index (χ2n) is 6.82. The molecule has 1 amide bonds. The standard InChI is InChI=1S/C20H24N2O4S/c1-6-17-19(23)22(12(4)20(24)25-11(2)3)16-9-14(7-8-18(16)26-17)15-10-27-13(5)21-15/h7-12,17H,6H2,1-5H3. The maximum Gasteiger partial charge on any atom is 0.329 e. The van der Waals surface area contributed by atoms with Crippen LogP contribution in [-0.4, -0.2) is 35.1 Å². The van der Waals surface area contributed by atoms with Gasteiger partial charge in [0.25, 0.3) is 5.91 Å². The summed E-state index contributed by atoms with van der Waals surface area (Å²) < 4.78 is 11.2.